The van der Waals surface area contributed by atoms with Crippen LogP contribution in [0.3, 0.4) is 0 Å². The maximum absolute atomic E-state index is 12.7. The molecule has 8 heteroatoms. The van der Waals surface area contributed by atoms with E-state index in [1.165, 1.54) is 11.1 Å². The molecule has 0 radical (unpaired) electrons. The Balaban J connectivity index is 1.76. The van der Waals surface area contributed by atoms with Gasteiger partial charge in [0.2, 0.25) is 0 Å². The number of hydrogen-bond acceptors (Lipinski definition) is 7. The molecule has 0 bridgehead atoms. The van der Waals surface area contributed by atoms with Crippen LogP contribution < -0.4 is 26.9 Å². The number of pyridine rings is 1. The van der Waals surface area contributed by atoms with Crippen molar-refractivity contribution < 1.29 is 9.84 Å². The number of anilines is 2. The number of ether oxygens (including phenoxy) is 1. The van der Waals surface area contributed by atoms with Gasteiger partial charge in [-0.3, -0.25) is 9.80 Å². The summed E-state index contributed by atoms with van der Waals surface area (Å²) in [6, 6.07) is 13.5. The van der Waals surface area contributed by atoms with Crippen molar-refractivity contribution in [2.45, 2.75) is 0 Å². The van der Waals surface area contributed by atoms with E-state index in [4.69, 9.17) is 16.3 Å². The molecule has 1 aliphatic rings. The van der Waals surface area contributed by atoms with Crippen molar-refractivity contribution in [1.82, 2.24) is 4.98 Å². The first kappa shape index (κ1) is 18.9. The Labute approximate surface area is 167 Å². The number of rotatable bonds is 4. The molecule has 0 aliphatic carbocycles. The molecular formula is C21H23N5O3. The summed E-state index contributed by atoms with van der Waals surface area (Å²) in [7, 11) is 0. The number of phenols is 1. The zero-order chi connectivity index (χ0) is 20.4. The number of nitrogens with one attached hydrogen (secondary N) is 1. The lowest BCUT2D eigenvalue weighted by Gasteiger charge is -2.28. The first-order chi connectivity index (χ1) is 14.0. The van der Waals surface area contributed by atoms with Gasteiger partial charge in [-0.1, -0.05) is 18.2 Å². The number of phenolic OH excluding ortho intramolecular Hbond substituents is 1. The maximum Gasteiger partial charge on any atom is 0.191 e. The fourth-order valence-electron chi connectivity index (χ4n) is 3.42. The Morgan fingerprint density at radius 3 is 2.69 bits per heavy atom. The maximum atomic E-state index is 12.7. The Morgan fingerprint density at radius 1 is 1.17 bits per heavy atom. The van der Waals surface area contributed by atoms with Crippen LogP contribution in [-0.4, -0.2) is 36.4 Å². The second kappa shape index (κ2) is 7.86. The van der Waals surface area contributed by atoms with Gasteiger partial charge >= 0.3 is 0 Å². The summed E-state index contributed by atoms with van der Waals surface area (Å²) in [6.07, 6.45) is 1.56. The smallest absolute Gasteiger partial charge is 0.191 e. The molecule has 8 nitrogen and oxygen atoms in total. The third-order valence-electron chi connectivity index (χ3n) is 4.92. The van der Waals surface area contributed by atoms with Crippen LogP contribution in [0.5, 0.6) is 5.75 Å². The molecule has 150 valence electrons. The van der Waals surface area contributed by atoms with E-state index in [0.717, 1.165) is 5.82 Å². The van der Waals surface area contributed by atoms with E-state index in [0.29, 0.717) is 54.2 Å². The molecule has 6 N–H and O–H groups in total. The highest BCUT2D eigenvalue weighted by Gasteiger charge is 2.15. The molecule has 29 heavy (non-hydrogen) atoms. The number of benzene rings is 2. The molecule has 0 saturated carbocycles. The summed E-state index contributed by atoms with van der Waals surface area (Å²) >= 11 is 0. The molecule has 1 aromatic heterocycles. The fourth-order valence-corrected chi connectivity index (χ4v) is 3.42. The van der Waals surface area contributed by atoms with E-state index < -0.39 is 0 Å². The van der Waals surface area contributed by atoms with E-state index in [1.807, 2.05) is 6.07 Å². The lowest BCUT2D eigenvalue weighted by Crippen LogP contribution is -2.37. The molecule has 2 heterocycles. The molecule has 0 unspecified atom stereocenters. The van der Waals surface area contributed by atoms with Gasteiger partial charge in [-0.05, 0) is 18.2 Å². The summed E-state index contributed by atoms with van der Waals surface area (Å²) in [5, 5.41) is 11.5. The summed E-state index contributed by atoms with van der Waals surface area (Å²) < 4.78 is 5.40. The van der Waals surface area contributed by atoms with Gasteiger partial charge in [0, 0.05) is 42.4 Å². The van der Waals surface area contributed by atoms with Crippen molar-refractivity contribution in [3.63, 3.8) is 0 Å². The molecule has 1 aliphatic heterocycles. The molecule has 3 aromatic rings. The van der Waals surface area contributed by atoms with Crippen LogP contribution in [-0.2, 0) is 4.74 Å². The van der Waals surface area contributed by atoms with Crippen molar-refractivity contribution in [1.29, 1.82) is 0 Å². The average Bonchev–Trinajstić information content (AvgIpc) is 2.74. The topological polar surface area (TPSA) is 121 Å². The number of aromatic nitrogens is 1. The lowest BCUT2D eigenvalue weighted by atomic mass is 10.1. The average molecular weight is 393 g/mol. The first-order valence-corrected chi connectivity index (χ1v) is 9.32. The van der Waals surface area contributed by atoms with E-state index in [1.54, 1.807) is 42.6 Å². The number of morpholine rings is 1. The number of nitrogens with zero attached hydrogens (tertiary/aromatic N) is 2. The monoisotopic (exact) mass is 393 g/mol. The van der Waals surface area contributed by atoms with Crippen LogP contribution in [0.2, 0.25) is 0 Å². The second-order valence-corrected chi connectivity index (χ2v) is 6.86. The van der Waals surface area contributed by atoms with Crippen LogP contribution >= 0.6 is 0 Å². The zero-order valence-corrected chi connectivity index (χ0v) is 15.8. The minimum Gasteiger partial charge on any atom is -0.508 e. The quantitative estimate of drug-likeness (QED) is 0.393. The third-order valence-corrected chi connectivity index (χ3v) is 4.92. The summed E-state index contributed by atoms with van der Waals surface area (Å²) in [5.41, 5.74) is 8.55. The summed E-state index contributed by atoms with van der Waals surface area (Å²) in [4.78, 5) is 18.1. The van der Waals surface area contributed by atoms with Gasteiger partial charge in [0.1, 0.15) is 11.6 Å². The van der Waals surface area contributed by atoms with Gasteiger partial charge in [0.15, 0.2) is 5.43 Å². The van der Waals surface area contributed by atoms with E-state index in [-0.39, 0.29) is 11.2 Å². The van der Waals surface area contributed by atoms with Gasteiger partial charge in [0.25, 0.3) is 0 Å². The minimum absolute atomic E-state index is 0.0764. The Bertz CT molecular complexity index is 1120. The molecule has 0 spiro atoms. The largest absolute Gasteiger partial charge is 0.508 e. The number of hydrazine groups is 1. The van der Waals surface area contributed by atoms with E-state index in [9.17, 15) is 9.90 Å². The zero-order valence-electron chi connectivity index (χ0n) is 15.8. The number of nitrogens with two attached hydrogens (primary N) is 2. The Kier molecular flexibility index (Phi) is 5.11. The Hall–Kier alpha value is -3.49. The number of fused-ring (bicyclic) bond motifs is 1. The van der Waals surface area contributed by atoms with Gasteiger partial charge in [0.05, 0.1) is 30.1 Å². The number of H-pyrrole nitrogens is 1. The molecule has 0 amide bonds. The standard InChI is InChI=1S/C21H23N5O3/c22-18(13-26(23)14-3-1-4-15(27)11-14)16-5-2-6-17-19(28)12-20(24-21(16)17)25-7-9-29-10-8-25/h1-6,11-13,27H,7-10,22-23H2,(H,24,28)/b18-13-. The predicted octanol–water partition coefficient (Wildman–Crippen LogP) is 1.71. The molecule has 0 atom stereocenters. The molecule has 1 saturated heterocycles. The molecule has 2 aromatic carbocycles. The number of aromatic amines is 1. The summed E-state index contributed by atoms with van der Waals surface area (Å²) in [5.74, 6) is 6.94. The van der Waals surface area contributed by atoms with Gasteiger partial charge < -0.3 is 25.5 Å². The highest BCUT2D eigenvalue weighted by Crippen LogP contribution is 2.24. The van der Waals surface area contributed by atoms with Crippen molar-refractivity contribution >= 4 is 28.1 Å². The second-order valence-electron chi connectivity index (χ2n) is 6.86. The van der Waals surface area contributed by atoms with Crippen molar-refractivity contribution in [2.75, 3.05) is 36.2 Å². The van der Waals surface area contributed by atoms with Crippen molar-refractivity contribution in [3.05, 3.63) is 70.5 Å². The number of hydrogen-bond donors (Lipinski definition) is 4. The normalized spacial score (nSPS) is 14.9. The van der Waals surface area contributed by atoms with Crippen LogP contribution in [0, 0.1) is 0 Å². The van der Waals surface area contributed by atoms with Crippen LogP contribution in [0.4, 0.5) is 11.5 Å². The van der Waals surface area contributed by atoms with Crippen molar-refractivity contribution in [3.8, 4) is 5.75 Å². The Morgan fingerprint density at radius 2 is 1.93 bits per heavy atom. The summed E-state index contributed by atoms with van der Waals surface area (Å²) in [6.45, 7) is 2.66. The van der Waals surface area contributed by atoms with Crippen LogP contribution in [0.25, 0.3) is 16.6 Å². The van der Waals surface area contributed by atoms with Crippen molar-refractivity contribution in [2.24, 2.45) is 11.6 Å². The van der Waals surface area contributed by atoms with E-state index >= 15 is 0 Å². The van der Waals surface area contributed by atoms with Crippen LogP contribution in [0.15, 0.2) is 59.5 Å². The number of aromatic hydroxyl groups is 1. The molecule has 4 rings (SSSR count). The highest BCUT2D eigenvalue weighted by molar-refractivity contribution is 5.91. The van der Waals surface area contributed by atoms with Gasteiger partial charge in [-0.15, -0.1) is 0 Å². The van der Waals surface area contributed by atoms with E-state index in [2.05, 4.69) is 9.88 Å². The van der Waals surface area contributed by atoms with Gasteiger partial charge in [-0.2, -0.15) is 0 Å². The minimum atomic E-state index is -0.0764. The van der Waals surface area contributed by atoms with Gasteiger partial charge in [-0.25, -0.2) is 5.84 Å². The fraction of sp³-hybridized carbons (Fsp3) is 0.190. The predicted molar refractivity (Wildman–Crippen MR) is 115 cm³/mol. The number of para-hydroxylation sites is 1. The molecular weight excluding hydrogens is 370 g/mol. The first-order valence-electron chi connectivity index (χ1n) is 9.32. The lowest BCUT2D eigenvalue weighted by molar-refractivity contribution is 0.122. The van der Waals surface area contributed by atoms with Crippen LogP contribution in [0.1, 0.15) is 5.56 Å². The molecule has 1 fully saturated rings. The third kappa shape index (κ3) is 3.89. The highest BCUT2D eigenvalue weighted by atomic mass is 16.5. The SMILES string of the molecule is N/C(=C\N(N)c1cccc(O)c1)c1cccc2c(=O)cc(N3CCOCC3)[nH]c12.